The normalized spacial score (nSPS) is 15.0. The van der Waals surface area contributed by atoms with Crippen LogP contribution < -0.4 is 9.47 Å². The number of terminal acetylenes is 1. The number of methoxy groups -OCH3 is 1. The third-order valence-electron chi connectivity index (χ3n) is 3.98. The van der Waals surface area contributed by atoms with Gasteiger partial charge in [-0.3, -0.25) is 14.5 Å². The zero-order valence-electron chi connectivity index (χ0n) is 15.3. The summed E-state index contributed by atoms with van der Waals surface area (Å²) in [4.78, 5) is 26.3. The van der Waals surface area contributed by atoms with E-state index in [0.717, 1.165) is 16.7 Å². The Kier molecular flexibility index (Phi) is 6.47. The first-order valence-corrected chi connectivity index (χ1v) is 9.56. The van der Waals surface area contributed by atoms with Gasteiger partial charge in [0.05, 0.1) is 23.6 Å². The van der Waals surface area contributed by atoms with Crippen LogP contribution in [-0.4, -0.2) is 29.8 Å². The monoisotopic (exact) mass is 431 g/mol. The standard InChI is InChI=1S/C21H15ClFNO4S/c1-3-8-28-19-16(22)9-14(10-17(19)27-2)11-18-20(25)24(21(26)29-18)12-13-4-6-15(23)7-5-13/h1,4-7,9-11H,8,12H2,2H3. The topological polar surface area (TPSA) is 55.8 Å². The van der Waals surface area contributed by atoms with Crippen LogP contribution in [-0.2, 0) is 11.3 Å². The Morgan fingerprint density at radius 2 is 2.00 bits per heavy atom. The van der Waals surface area contributed by atoms with Gasteiger partial charge in [0, 0.05) is 0 Å². The molecule has 148 valence electrons. The highest BCUT2D eigenvalue weighted by atomic mass is 35.5. The maximum atomic E-state index is 13.0. The number of nitrogens with zero attached hydrogens (tertiary/aromatic N) is 1. The minimum absolute atomic E-state index is 0.0255. The van der Waals surface area contributed by atoms with Crippen LogP contribution >= 0.6 is 23.4 Å². The van der Waals surface area contributed by atoms with Gasteiger partial charge in [0.15, 0.2) is 11.5 Å². The van der Waals surface area contributed by atoms with Crippen molar-refractivity contribution in [1.29, 1.82) is 0 Å². The summed E-state index contributed by atoms with van der Waals surface area (Å²) in [6.45, 7) is 0.0862. The second kappa shape index (κ2) is 9.03. The first-order valence-electron chi connectivity index (χ1n) is 8.36. The molecule has 0 atom stereocenters. The lowest BCUT2D eigenvalue weighted by molar-refractivity contribution is -0.123. The van der Waals surface area contributed by atoms with E-state index >= 15 is 0 Å². The van der Waals surface area contributed by atoms with Crippen LogP contribution in [0, 0.1) is 18.2 Å². The fraction of sp³-hybridized carbons (Fsp3) is 0.143. The fourth-order valence-electron chi connectivity index (χ4n) is 2.64. The summed E-state index contributed by atoms with van der Waals surface area (Å²) < 4.78 is 23.7. The lowest BCUT2D eigenvalue weighted by atomic mass is 10.1. The Bertz CT molecular complexity index is 1030. The van der Waals surface area contributed by atoms with Gasteiger partial charge in [-0.15, -0.1) is 6.42 Å². The van der Waals surface area contributed by atoms with Crippen LogP contribution in [0.5, 0.6) is 11.5 Å². The molecule has 0 spiro atoms. The van der Waals surface area contributed by atoms with Crippen LogP contribution in [0.3, 0.4) is 0 Å². The molecule has 0 aliphatic carbocycles. The van der Waals surface area contributed by atoms with Gasteiger partial charge in [-0.05, 0) is 53.2 Å². The molecule has 1 saturated heterocycles. The van der Waals surface area contributed by atoms with E-state index < -0.39 is 11.1 Å². The molecule has 1 aliphatic rings. The SMILES string of the molecule is C#CCOc1c(Cl)cc(C=C2SC(=O)N(Cc3ccc(F)cc3)C2=O)cc1OC. The molecule has 0 unspecified atom stereocenters. The molecule has 3 rings (SSSR count). The average Bonchev–Trinajstić information content (AvgIpc) is 2.95. The number of halogens is 2. The highest BCUT2D eigenvalue weighted by molar-refractivity contribution is 8.18. The second-order valence-corrected chi connectivity index (χ2v) is 7.32. The Hall–Kier alpha value is -2.95. The zero-order chi connectivity index (χ0) is 21.0. The van der Waals surface area contributed by atoms with Crippen molar-refractivity contribution in [2.45, 2.75) is 6.54 Å². The number of hydrogen-bond acceptors (Lipinski definition) is 5. The summed E-state index contributed by atoms with van der Waals surface area (Å²) in [6.07, 6.45) is 6.75. The van der Waals surface area contributed by atoms with E-state index in [4.69, 9.17) is 27.5 Å². The third-order valence-corrected chi connectivity index (χ3v) is 5.17. The third kappa shape index (κ3) is 4.73. The van der Waals surface area contributed by atoms with Gasteiger partial charge >= 0.3 is 0 Å². The van der Waals surface area contributed by atoms with Crippen LogP contribution in [0.1, 0.15) is 11.1 Å². The Morgan fingerprint density at radius 1 is 1.28 bits per heavy atom. The molecule has 0 bridgehead atoms. The number of ether oxygens (including phenoxy) is 2. The smallest absolute Gasteiger partial charge is 0.293 e. The highest BCUT2D eigenvalue weighted by Gasteiger charge is 2.35. The number of imide groups is 1. The number of amides is 2. The maximum absolute atomic E-state index is 13.0. The first-order chi connectivity index (χ1) is 13.9. The van der Waals surface area contributed by atoms with Gasteiger partial charge in [0.2, 0.25) is 0 Å². The number of carbonyl (C=O) groups excluding carboxylic acids is 2. The Balaban J connectivity index is 1.84. The minimum Gasteiger partial charge on any atom is -0.493 e. The minimum atomic E-state index is -0.438. The van der Waals surface area contributed by atoms with E-state index in [1.54, 1.807) is 18.2 Å². The van der Waals surface area contributed by atoms with E-state index in [2.05, 4.69) is 5.92 Å². The van der Waals surface area contributed by atoms with Crippen LogP contribution in [0.2, 0.25) is 5.02 Å². The second-order valence-electron chi connectivity index (χ2n) is 5.92. The predicted octanol–water partition coefficient (Wildman–Crippen LogP) is 4.74. The van der Waals surface area contributed by atoms with Gasteiger partial charge in [0.1, 0.15) is 12.4 Å². The van der Waals surface area contributed by atoms with Crippen LogP contribution in [0.15, 0.2) is 41.3 Å². The zero-order valence-corrected chi connectivity index (χ0v) is 16.8. The average molecular weight is 432 g/mol. The van der Waals surface area contributed by atoms with E-state index in [9.17, 15) is 14.0 Å². The summed E-state index contributed by atoms with van der Waals surface area (Å²) >= 11 is 7.06. The summed E-state index contributed by atoms with van der Waals surface area (Å²) in [5.74, 6) is 2.17. The lowest BCUT2D eigenvalue weighted by Crippen LogP contribution is -2.27. The fourth-order valence-corrected chi connectivity index (χ4v) is 3.75. The lowest BCUT2D eigenvalue weighted by Gasteiger charge is -2.12. The van der Waals surface area contributed by atoms with Gasteiger partial charge in [-0.2, -0.15) is 0 Å². The van der Waals surface area contributed by atoms with Crippen molar-refractivity contribution in [3.8, 4) is 23.8 Å². The number of rotatable bonds is 6. The largest absolute Gasteiger partial charge is 0.493 e. The van der Waals surface area contributed by atoms with E-state index in [-0.39, 0.29) is 28.9 Å². The molecule has 1 fully saturated rings. The molecule has 1 aliphatic heterocycles. The summed E-state index contributed by atoms with van der Waals surface area (Å²) in [5.41, 5.74) is 1.21. The summed E-state index contributed by atoms with van der Waals surface area (Å²) in [7, 11) is 1.45. The molecule has 29 heavy (non-hydrogen) atoms. The molecule has 0 N–H and O–H groups in total. The number of thioether (sulfide) groups is 1. The highest BCUT2D eigenvalue weighted by Crippen LogP contribution is 2.39. The Morgan fingerprint density at radius 3 is 2.66 bits per heavy atom. The molecule has 8 heteroatoms. The molecule has 0 aromatic heterocycles. The van der Waals surface area contributed by atoms with Crippen molar-refractivity contribution in [3.63, 3.8) is 0 Å². The van der Waals surface area contributed by atoms with E-state index in [1.165, 1.54) is 31.4 Å². The predicted molar refractivity (Wildman–Crippen MR) is 110 cm³/mol. The van der Waals surface area contributed by atoms with Crippen molar-refractivity contribution in [2.75, 3.05) is 13.7 Å². The summed E-state index contributed by atoms with van der Waals surface area (Å²) in [6, 6.07) is 8.84. The number of benzene rings is 2. The van der Waals surface area contributed by atoms with Crippen LogP contribution in [0.25, 0.3) is 6.08 Å². The van der Waals surface area contributed by atoms with Crippen LogP contribution in [0.4, 0.5) is 9.18 Å². The van der Waals surface area contributed by atoms with Gasteiger partial charge in [-0.1, -0.05) is 29.7 Å². The molecule has 0 radical (unpaired) electrons. The molecule has 1 heterocycles. The Labute approximate surface area is 176 Å². The molecule has 2 amide bonds. The molecular weight excluding hydrogens is 417 g/mol. The quantitative estimate of drug-likeness (QED) is 0.488. The van der Waals surface area contributed by atoms with Gasteiger partial charge in [0.25, 0.3) is 11.1 Å². The van der Waals surface area contributed by atoms with Crippen molar-refractivity contribution in [1.82, 2.24) is 4.90 Å². The van der Waals surface area contributed by atoms with E-state index in [1.807, 2.05) is 0 Å². The van der Waals surface area contributed by atoms with Gasteiger partial charge < -0.3 is 9.47 Å². The van der Waals surface area contributed by atoms with Crippen molar-refractivity contribution in [3.05, 3.63) is 63.3 Å². The molecule has 5 nitrogen and oxygen atoms in total. The summed E-state index contributed by atoms with van der Waals surface area (Å²) in [5, 5.41) is -0.144. The number of carbonyl (C=O) groups is 2. The molecule has 2 aromatic rings. The molecule has 2 aromatic carbocycles. The maximum Gasteiger partial charge on any atom is 0.293 e. The number of hydrogen-bond donors (Lipinski definition) is 0. The molecule has 0 saturated carbocycles. The van der Waals surface area contributed by atoms with Crippen molar-refractivity contribution in [2.24, 2.45) is 0 Å². The molecular formula is C21H15ClFNO4S. The van der Waals surface area contributed by atoms with Crippen molar-refractivity contribution < 1.29 is 23.5 Å². The van der Waals surface area contributed by atoms with E-state index in [0.29, 0.717) is 22.6 Å². The van der Waals surface area contributed by atoms with Crippen molar-refractivity contribution >= 4 is 40.6 Å². The first kappa shape index (κ1) is 20.8. The van der Waals surface area contributed by atoms with Gasteiger partial charge in [-0.25, -0.2) is 4.39 Å².